The average molecular weight is 494 g/mol. The molecule has 0 spiro atoms. The van der Waals surface area contributed by atoms with Crippen LogP contribution < -0.4 is 15.0 Å². The van der Waals surface area contributed by atoms with Crippen LogP contribution in [0.1, 0.15) is 45.0 Å². The molecule has 0 aliphatic carbocycles. The summed E-state index contributed by atoms with van der Waals surface area (Å²) in [5.74, 6) is -1.25. The highest BCUT2D eigenvalue weighted by atomic mass is 16.5. The van der Waals surface area contributed by atoms with E-state index < -0.39 is 29.2 Å². The molecule has 1 aliphatic rings. The van der Waals surface area contributed by atoms with E-state index in [9.17, 15) is 19.5 Å². The number of carbonyl (C=O) groups is 2. The molecule has 0 saturated carbocycles. The molecule has 0 radical (unpaired) electrons. The number of H-pyrrole nitrogens is 1. The molecule has 4 rings (SSSR count). The molecule has 9 nitrogen and oxygen atoms in total. The van der Waals surface area contributed by atoms with Crippen molar-refractivity contribution in [3.05, 3.63) is 86.8 Å². The number of hydrogen-bond acceptors (Lipinski definition) is 8. The van der Waals surface area contributed by atoms with Crippen LogP contribution in [0.15, 0.2) is 53.5 Å². The lowest BCUT2D eigenvalue weighted by Crippen LogP contribution is -2.22. The molecule has 1 aliphatic heterocycles. The summed E-state index contributed by atoms with van der Waals surface area (Å²) in [6.45, 7) is 1.18. The molecule has 2 N–H and O–H groups in total. The van der Waals surface area contributed by atoms with Crippen molar-refractivity contribution in [2.75, 3.05) is 27.4 Å². The molecule has 9 heteroatoms. The van der Waals surface area contributed by atoms with Gasteiger partial charge < -0.3 is 29.0 Å². The molecule has 0 amide bonds. The maximum absolute atomic E-state index is 12.6. The molecular weight excluding hydrogens is 466 g/mol. The average Bonchev–Trinajstić information content (AvgIpc) is 3.36. The van der Waals surface area contributed by atoms with E-state index in [1.807, 2.05) is 12.1 Å². The fourth-order valence-electron chi connectivity index (χ4n) is 4.24. The van der Waals surface area contributed by atoms with Crippen LogP contribution in [-0.2, 0) is 27.1 Å². The van der Waals surface area contributed by atoms with Crippen LogP contribution in [-0.4, -0.2) is 49.5 Å². The quantitative estimate of drug-likeness (QED) is 0.436. The van der Waals surface area contributed by atoms with Crippen LogP contribution in [0.3, 0.4) is 0 Å². The van der Waals surface area contributed by atoms with Gasteiger partial charge in [-0.05, 0) is 34.9 Å². The predicted molar refractivity (Wildman–Crippen MR) is 130 cm³/mol. The van der Waals surface area contributed by atoms with Gasteiger partial charge in [-0.1, -0.05) is 24.3 Å². The van der Waals surface area contributed by atoms with Gasteiger partial charge in [-0.2, -0.15) is 0 Å². The SMILES string of the molecule is COC(=O)C[C@H](c1ccc(OCCc2ccc3c(c2)CCO3)cc1)c1c(O)c(C(=O)OC)c[nH]c1=O. The maximum atomic E-state index is 12.6. The van der Waals surface area contributed by atoms with E-state index in [4.69, 9.17) is 14.2 Å². The fraction of sp³-hybridized carbons (Fsp3) is 0.296. The smallest absolute Gasteiger partial charge is 0.343 e. The zero-order valence-electron chi connectivity index (χ0n) is 20.0. The molecule has 0 saturated heterocycles. The number of aromatic hydroxyl groups is 1. The largest absolute Gasteiger partial charge is 0.506 e. The summed E-state index contributed by atoms with van der Waals surface area (Å²) < 4.78 is 20.9. The molecule has 2 aromatic carbocycles. The van der Waals surface area contributed by atoms with E-state index in [0.717, 1.165) is 44.1 Å². The predicted octanol–water partition coefficient (Wildman–Crippen LogP) is 3.12. The number of pyridine rings is 1. The molecule has 188 valence electrons. The summed E-state index contributed by atoms with van der Waals surface area (Å²) in [6, 6.07) is 13.0. The number of ether oxygens (including phenoxy) is 4. The van der Waals surface area contributed by atoms with E-state index in [1.54, 1.807) is 24.3 Å². The minimum Gasteiger partial charge on any atom is -0.506 e. The number of methoxy groups -OCH3 is 2. The third-order valence-corrected chi connectivity index (χ3v) is 6.15. The third kappa shape index (κ3) is 5.35. The van der Waals surface area contributed by atoms with E-state index in [-0.39, 0.29) is 17.5 Å². The Morgan fingerprint density at radius 3 is 2.61 bits per heavy atom. The first kappa shape index (κ1) is 24.8. The Morgan fingerprint density at radius 1 is 1.11 bits per heavy atom. The zero-order chi connectivity index (χ0) is 25.7. The number of carbonyl (C=O) groups excluding carboxylic acids is 2. The van der Waals surface area contributed by atoms with Gasteiger partial charge >= 0.3 is 11.9 Å². The molecular formula is C27H27NO8. The van der Waals surface area contributed by atoms with E-state index in [0.29, 0.717) is 17.9 Å². The third-order valence-electron chi connectivity index (χ3n) is 6.15. The summed E-state index contributed by atoms with van der Waals surface area (Å²) in [7, 11) is 2.40. The second-order valence-electron chi connectivity index (χ2n) is 8.33. The Labute approximate surface area is 207 Å². The van der Waals surface area contributed by atoms with Gasteiger partial charge in [-0.3, -0.25) is 9.59 Å². The van der Waals surface area contributed by atoms with Gasteiger partial charge in [0.25, 0.3) is 5.56 Å². The molecule has 2 heterocycles. The van der Waals surface area contributed by atoms with Crippen LogP contribution in [0.4, 0.5) is 0 Å². The Hall–Kier alpha value is -4.27. The van der Waals surface area contributed by atoms with Crippen LogP contribution in [0.2, 0.25) is 0 Å². The Balaban J connectivity index is 1.52. The number of rotatable bonds is 9. The van der Waals surface area contributed by atoms with Crippen molar-refractivity contribution in [2.24, 2.45) is 0 Å². The highest BCUT2D eigenvalue weighted by Crippen LogP contribution is 2.34. The minimum absolute atomic E-state index is 0.127. The lowest BCUT2D eigenvalue weighted by molar-refractivity contribution is -0.140. The normalized spacial score (nSPS) is 12.8. The van der Waals surface area contributed by atoms with E-state index >= 15 is 0 Å². The lowest BCUT2D eigenvalue weighted by atomic mass is 9.88. The number of esters is 2. The maximum Gasteiger partial charge on any atom is 0.343 e. The highest BCUT2D eigenvalue weighted by Gasteiger charge is 2.28. The second kappa shape index (κ2) is 11.0. The summed E-state index contributed by atoms with van der Waals surface area (Å²) >= 11 is 0. The highest BCUT2D eigenvalue weighted by molar-refractivity contribution is 5.92. The van der Waals surface area contributed by atoms with Crippen LogP contribution in [0.5, 0.6) is 17.2 Å². The number of nitrogens with one attached hydrogen (secondary N) is 1. The molecule has 0 bridgehead atoms. The molecule has 3 aromatic rings. The topological polar surface area (TPSA) is 124 Å². The van der Waals surface area contributed by atoms with Crippen molar-refractivity contribution in [3.63, 3.8) is 0 Å². The summed E-state index contributed by atoms with van der Waals surface area (Å²) in [4.78, 5) is 39.2. The molecule has 0 fully saturated rings. The minimum atomic E-state index is -0.867. The lowest BCUT2D eigenvalue weighted by Gasteiger charge is -2.19. The molecule has 0 unspecified atom stereocenters. The van der Waals surface area contributed by atoms with Crippen molar-refractivity contribution < 1.29 is 33.6 Å². The number of aromatic amines is 1. The number of fused-ring (bicyclic) bond motifs is 1. The van der Waals surface area contributed by atoms with Crippen molar-refractivity contribution >= 4 is 11.9 Å². The summed E-state index contributed by atoms with van der Waals surface area (Å²) in [6.07, 6.45) is 2.50. The van der Waals surface area contributed by atoms with Crippen molar-refractivity contribution in [2.45, 2.75) is 25.2 Å². The Kier molecular flexibility index (Phi) is 7.58. The standard InChI is InChI=1S/C27H27NO8/c1-33-23(29)14-20(24-25(30)21(27(32)34-2)15-28-26(24)31)17-4-6-19(7-5-17)35-11-9-16-3-8-22-18(13-16)10-12-36-22/h3-8,13,15,20H,9-12,14H2,1-2H3,(H2,28,30,31)/t20-/m1/s1. The van der Waals surface area contributed by atoms with Crippen LogP contribution in [0.25, 0.3) is 0 Å². The second-order valence-corrected chi connectivity index (χ2v) is 8.33. The zero-order valence-corrected chi connectivity index (χ0v) is 20.0. The first-order chi connectivity index (χ1) is 17.4. The van der Waals surface area contributed by atoms with Gasteiger partial charge in [0.2, 0.25) is 0 Å². The van der Waals surface area contributed by atoms with E-state index in [2.05, 4.69) is 15.8 Å². The Morgan fingerprint density at radius 2 is 1.89 bits per heavy atom. The van der Waals surface area contributed by atoms with Gasteiger partial charge in [0.1, 0.15) is 22.8 Å². The summed E-state index contributed by atoms with van der Waals surface area (Å²) in [5, 5.41) is 10.7. The molecule has 1 atom stereocenters. The number of aromatic nitrogens is 1. The van der Waals surface area contributed by atoms with Gasteiger partial charge in [0.05, 0.1) is 39.4 Å². The monoisotopic (exact) mass is 493 g/mol. The van der Waals surface area contributed by atoms with Crippen molar-refractivity contribution in [1.82, 2.24) is 4.98 Å². The Bertz CT molecular complexity index is 1310. The van der Waals surface area contributed by atoms with E-state index in [1.165, 1.54) is 12.7 Å². The van der Waals surface area contributed by atoms with Crippen LogP contribution >= 0.6 is 0 Å². The summed E-state index contributed by atoms with van der Waals surface area (Å²) in [5.41, 5.74) is 1.97. The number of hydrogen-bond donors (Lipinski definition) is 2. The van der Waals surface area contributed by atoms with Crippen LogP contribution in [0, 0.1) is 0 Å². The van der Waals surface area contributed by atoms with Gasteiger partial charge in [0.15, 0.2) is 0 Å². The number of benzene rings is 2. The fourth-order valence-corrected chi connectivity index (χ4v) is 4.24. The van der Waals surface area contributed by atoms with Crippen molar-refractivity contribution in [1.29, 1.82) is 0 Å². The first-order valence-corrected chi connectivity index (χ1v) is 11.5. The van der Waals surface area contributed by atoms with Gasteiger partial charge in [-0.25, -0.2) is 4.79 Å². The van der Waals surface area contributed by atoms with Gasteiger partial charge in [-0.15, -0.1) is 0 Å². The van der Waals surface area contributed by atoms with Crippen molar-refractivity contribution in [3.8, 4) is 17.2 Å². The first-order valence-electron chi connectivity index (χ1n) is 11.5. The van der Waals surface area contributed by atoms with Gasteiger partial charge in [0, 0.05) is 25.0 Å². The molecule has 36 heavy (non-hydrogen) atoms. The molecule has 1 aromatic heterocycles.